The first-order chi connectivity index (χ1) is 10.8. The number of hydrogen-bond acceptors (Lipinski definition) is 5. The molecule has 0 aliphatic rings. The maximum atomic E-state index is 6.30. The molecule has 110 valence electrons. The average molecular weight is 331 g/mol. The Labute approximate surface area is 134 Å². The van der Waals surface area contributed by atoms with Gasteiger partial charge in [0.25, 0.3) is 0 Å². The van der Waals surface area contributed by atoms with E-state index < -0.39 is 0 Å². The molecule has 0 aliphatic heterocycles. The Kier molecular flexibility index (Phi) is 3.09. The summed E-state index contributed by atoms with van der Waals surface area (Å²) in [4.78, 5) is 8.66. The Morgan fingerprint density at radius 3 is 3.00 bits per heavy atom. The van der Waals surface area contributed by atoms with E-state index in [1.165, 1.54) is 11.3 Å². The first-order valence-electron chi connectivity index (χ1n) is 6.58. The van der Waals surface area contributed by atoms with E-state index in [0.29, 0.717) is 5.02 Å². The molecule has 0 saturated heterocycles. The normalized spacial score (nSPS) is 11.2. The minimum absolute atomic E-state index is 0.677. The fraction of sp³-hybridized carbons (Fsp3) is 0.0714. The molecular formula is C14H11ClN6S. The van der Waals surface area contributed by atoms with Gasteiger partial charge in [0.15, 0.2) is 16.6 Å². The fourth-order valence-corrected chi connectivity index (χ4v) is 3.39. The van der Waals surface area contributed by atoms with Gasteiger partial charge in [-0.1, -0.05) is 41.1 Å². The molecule has 0 radical (unpaired) electrons. The standard InChI is InChI=1S/C14H11ClN6S/c1-16-14-18-12-11(22-14)13(20-19-12)21-7-17-6-10(21)8-4-2-3-5-9(8)15/h2-7H,1H3,(H2,16,18,19,20). The number of fused-ring (bicyclic) bond motifs is 1. The molecule has 0 unspecified atom stereocenters. The Morgan fingerprint density at radius 2 is 2.18 bits per heavy atom. The number of H-pyrrole nitrogens is 1. The first kappa shape index (κ1) is 13.3. The van der Waals surface area contributed by atoms with Crippen LogP contribution in [0.1, 0.15) is 0 Å². The van der Waals surface area contributed by atoms with E-state index in [4.69, 9.17) is 11.6 Å². The van der Waals surface area contributed by atoms with Gasteiger partial charge in [-0.05, 0) is 6.07 Å². The summed E-state index contributed by atoms with van der Waals surface area (Å²) in [5.74, 6) is 0.765. The molecule has 4 rings (SSSR count). The summed E-state index contributed by atoms with van der Waals surface area (Å²) in [6, 6.07) is 7.68. The summed E-state index contributed by atoms with van der Waals surface area (Å²) in [6.45, 7) is 0. The van der Waals surface area contributed by atoms with E-state index in [0.717, 1.165) is 32.6 Å². The highest BCUT2D eigenvalue weighted by Gasteiger charge is 2.17. The van der Waals surface area contributed by atoms with Crippen molar-refractivity contribution < 1.29 is 0 Å². The van der Waals surface area contributed by atoms with E-state index in [9.17, 15) is 0 Å². The van der Waals surface area contributed by atoms with Crippen LogP contribution < -0.4 is 5.32 Å². The van der Waals surface area contributed by atoms with Gasteiger partial charge in [-0.3, -0.25) is 9.67 Å². The molecule has 1 aromatic carbocycles. The van der Waals surface area contributed by atoms with Crippen molar-refractivity contribution in [2.24, 2.45) is 0 Å². The highest BCUT2D eigenvalue weighted by molar-refractivity contribution is 7.22. The van der Waals surface area contributed by atoms with Crippen LogP contribution in [0.4, 0.5) is 5.13 Å². The van der Waals surface area contributed by atoms with Crippen LogP contribution in [0.15, 0.2) is 36.8 Å². The Hall–Kier alpha value is -2.38. The molecule has 0 bridgehead atoms. The summed E-state index contributed by atoms with van der Waals surface area (Å²) >= 11 is 7.84. The largest absolute Gasteiger partial charge is 0.365 e. The van der Waals surface area contributed by atoms with Crippen molar-refractivity contribution in [3.05, 3.63) is 41.8 Å². The van der Waals surface area contributed by atoms with Gasteiger partial charge in [-0.15, -0.1) is 0 Å². The molecule has 0 saturated carbocycles. The molecular weight excluding hydrogens is 320 g/mol. The van der Waals surface area contributed by atoms with Crippen molar-refractivity contribution in [2.75, 3.05) is 12.4 Å². The summed E-state index contributed by atoms with van der Waals surface area (Å²) in [7, 11) is 1.84. The number of rotatable bonds is 3. The van der Waals surface area contributed by atoms with E-state index in [1.807, 2.05) is 35.9 Å². The van der Waals surface area contributed by atoms with Gasteiger partial charge in [0.2, 0.25) is 0 Å². The second-order valence-corrected chi connectivity index (χ2v) is 6.03. The number of thiazole rings is 1. The van der Waals surface area contributed by atoms with Crippen molar-refractivity contribution in [1.29, 1.82) is 0 Å². The van der Waals surface area contributed by atoms with Crippen LogP contribution in [0, 0.1) is 0 Å². The van der Waals surface area contributed by atoms with Crippen molar-refractivity contribution >= 4 is 38.4 Å². The second kappa shape index (κ2) is 5.11. The van der Waals surface area contributed by atoms with Gasteiger partial charge < -0.3 is 5.32 Å². The van der Waals surface area contributed by atoms with Crippen LogP contribution in [0.2, 0.25) is 5.02 Å². The summed E-state index contributed by atoms with van der Waals surface area (Å²) in [5, 5.41) is 11.9. The third kappa shape index (κ3) is 1.98. The van der Waals surface area contributed by atoms with E-state index in [-0.39, 0.29) is 0 Å². The Balaban J connectivity index is 1.91. The van der Waals surface area contributed by atoms with Crippen LogP contribution in [-0.2, 0) is 0 Å². The summed E-state index contributed by atoms with van der Waals surface area (Å²) < 4.78 is 2.88. The highest BCUT2D eigenvalue weighted by Crippen LogP contribution is 2.33. The number of nitrogens with one attached hydrogen (secondary N) is 2. The van der Waals surface area contributed by atoms with Crippen molar-refractivity contribution in [2.45, 2.75) is 0 Å². The molecule has 6 nitrogen and oxygen atoms in total. The maximum absolute atomic E-state index is 6.30. The molecule has 0 aliphatic carbocycles. The van der Waals surface area contributed by atoms with Crippen LogP contribution in [-0.4, -0.2) is 31.8 Å². The number of benzene rings is 1. The van der Waals surface area contributed by atoms with Crippen molar-refractivity contribution in [3.8, 4) is 17.1 Å². The molecule has 0 spiro atoms. The third-order valence-electron chi connectivity index (χ3n) is 3.33. The van der Waals surface area contributed by atoms with E-state index >= 15 is 0 Å². The minimum atomic E-state index is 0.677. The predicted molar refractivity (Wildman–Crippen MR) is 88.9 cm³/mol. The second-order valence-electron chi connectivity index (χ2n) is 4.62. The quantitative estimate of drug-likeness (QED) is 0.602. The lowest BCUT2D eigenvalue weighted by Gasteiger charge is -2.06. The fourth-order valence-electron chi connectivity index (χ4n) is 2.31. The van der Waals surface area contributed by atoms with E-state index in [2.05, 4.69) is 25.5 Å². The number of hydrogen-bond donors (Lipinski definition) is 2. The predicted octanol–water partition coefficient (Wildman–Crippen LogP) is 3.57. The van der Waals surface area contributed by atoms with Gasteiger partial charge >= 0.3 is 0 Å². The molecule has 2 N–H and O–H groups in total. The highest BCUT2D eigenvalue weighted by atomic mass is 35.5. The lowest BCUT2D eigenvalue weighted by Crippen LogP contribution is -1.96. The van der Waals surface area contributed by atoms with Crippen LogP contribution in [0.25, 0.3) is 27.4 Å². The van der Waals surface area contributed by atoms with Crippen LogP contribution in [0.5, 0.6) is 0 Å². The number of nitrogens with zero attached hydrogens (tertiary/aromatic N) is 4. The molecule has 22 heavy (non-hydrogen) atoms. The number of aromatic amines is 1. The molecule has 0 amide bonds. The number of anilines is 1. The van der Waals surface area contributed by atoms with Crippen molar-refractivity contribution in [1.82, 2.24) is 24.7 Å². The van der Waals surface area contributed by atoms with Crippen LogP contribution >= 0.6 is 22.9 Å². The number of imidazole rings is 1. The molecule has 0 atom stereocenters. The van der Waals surface area contributed by atoms with Gasteiger partial charge in [0.05, 0.1) is 11.9 Å². The van der Waals surface area contributed by atoms with Crippen molar-refractivity contribution in [3.63, 3.8) is 0 Å². The molecule has 4 aromatic rings. The zero-order chi connectivity index (χ0) is 15.1. The van der Waals surface area contributed by atoms with Gasteiger partial charge in [-0.25, -0.2) is 9.97 Å². The molecule has 3 aromatic heterocycles. The maximum Gasteiger partial charge on any atom is 0.185 e. The topological polar surface area (TPSA) is 71.4 Å². The summed E-state index contributed by atoms with van der Waals surface area (Å²) in [5.41, 5.74) is 2.55. The lowest BCUT2D eigenvalue weighted by molar-refractivity contribution is 0.968. The van der Waals surface area contributed by atoms with Crippen LogP contribution in [0.3, 0.4) is 0 Å². The molecule has 0 fully saturated rings. The number of halogens is 1. The zero-order valence-corrected chi connectivity index (χ0v) is 13.1. The zero-order valence-electron chi connectivity index (χ0n) is 11.5. The third-order valence-corrected chi connectivity index (χ3v) is 4.73. The lowest BCUT2D eigenvalue weighted by atomic mass is 10.1. The van der Waals surface area contributed by atoms with Gasteiger partial charge in [0.1, 0.15) is 11.0 Å². The molecule has 8 heteroatoms. The Morgan fingerprint density at radius 1 is 1.32 bits per heavy atom. The first-order valence-corrected chi connectivity index (χ1v) is 7.77. The van der Waals surface area contributed by atoms with Gasteiger partial charge in [0, 0.05) is 17.6 Å². The minimum Gasteiger partial charge on any atom is -0.365 e. The SMILES string of the molecule is CNc1nc2[nH]nc(-n3cncc3-c3ccccc3Cl)c2s1. The summed E-state index contributed by atoms with van der Waals surface area (Å²) in [6.07, 6.45) is 3.51. The van der Waals surface area contributed by atoms with Gasteiger partial charge in [-0.2, -0.15) is 5.10 Å². The molecule has 3 heterocycles. The smallest absolute Gasteiger partial charge is 0.185 e. The number of aromatic nitrogens is 5. The Bertz CT molecular complexity index is 953. The van der Waals surface area contributed by atoms with E-state index in [1.54, 1.807) is 12.5 Å². The monoisotopic (exact) mass is 330 g/mol. The average Bonchev–Trinajstić information content (AvgIpc) is 3.21.